The van der Waals surface area contributed by atoms with Crippen molar-refractivity contribution in [2.24, 2.45) is 5.41 Å². The molecule has 1 amide bonds. The molecular formula is C16H23N2OP. The first-order chi connectivity index (χ1) is 9.38. The van der Waals surface area contributed by atoms with Crippen LogP contribution in [0.2, 0.25) is 0 Å². The highest BCUT2D eigenvalue weighted by Crippen LogP contribution is 2.30. The summed E-state index contributed by atoms with van der Waals surface area (Å²) in [7, 11) is 2.73. The third kappa shape index (κ3) is 3.68. The Morgan fingerprint density at radius 1 is 1.30 bits per heavy atom. The lowest BCUT2D eigenvalue weighted by molar-refractivity contribution is -0.123. The summed E-state index contributed by atoms with van der Waals surface area (Å²) in [6.45, 7) is 7.74. The van der Waals surface area contributed by atoms with Crippen LogP contribution in [-0.4, -0.2) is 23.7 Å². The molecule has 1 unspecified atom stereocenters. The number of anilines is 1. The van der Waals surface area contributed by atoms with Crippen molar-refractivity contribution < 1.29 is 4.79 Å². The van der Waals surface area contributed by atoms with Gasteiger partial charge in [0, 0.05) is 29.8 Å². The van der Waals surface area contributed by atoms with Crippen molar-refractivity contribution in [2.75, 3.05) is 18.4 Å². The zero-order valence-corrected chi connectivity index (χ0v) is 13.6. The van der Waals surface area contributed by atoms with Crippen LogP contribution < -0.4 is 5.32 Å². The van der Waals surface area contributed by atoms with E-state index in [1.165, 1.54) is 5.57 Å². The molecule has 0 radical (unpaired) electrons. The van der Waals surface area contributed by atoms with Crippen molar-refractivity contribution in [3.05, 3.63) is 35.9 Å². The zero-order valence-electron chi connectivity index (χ0n) is 12.4. The van der Waals surface area contributed by atoms with Gasteiger partial charge in [-0.15, -0.1) is 0 Å². The van der Waals surface area contributed by atoms with E-state index in [4.69, 9.17) is 0 Å². The molecule has 0 fully saturated rings. The normalized spacial score (nSPS) is 16.7. The van der Waals surface area contributed by atoms with Gasteiger partial charge in [0.2, 0.25) is 5.91 Å². The molecular weight excluding hydrogens is 267 g/mol. The van der Waals surface area contributed by atoms with Crippen LogP contribution in [0.5, 0.6) is 0 Å². The minimum Gasteiger partial charge on any atom is -0.325 e. The van der Waals surface area contributed by atoms with E-state index < -0.39 is 0 Å². The van der Waals surface area contributed by atoms with Crippen molar-refractivity contribution in [2.45, 2.75) is 27.2 Å². The highest BCUT2D eigenvalue weighted by Gasteiger charge is 2.22. The fourth-order valence-corrected chi connectivity index (χ4v) is 2.35. The number of carbonyl (C=O) groups excluding carboxylic acids is 1. The summed E-state index contributed by atoms with van der Waals surface area (Å²) in [5.74, 6) is 0.0500. The van der Waals surface area contributed by atoms with Gasteiger partial charge in [-0.25, -0.2) is 0 Å². The van der Waals surface area contributed by atoms with E-state index in [2.05, 4.69) is 31.5 Å². The second kappa shape index (κ2) is 6.07. The van der Waals surface area contributed by atoms with Crippen LogP contribution in [-0.2, 0) is 4.79 Å². The molecule has 1 heterocycles. The van der Waals surface area contributed by atoms with Gasteiger partial charge in [-0.2, -0.15) is 0 Å². The molecule has 108 valence electrons. The number of amides is 1. The number of nitrogens with zero attached hydrogens (tertiary/aromatic N) is 1. The molecule has 1 aliphatic rings. The standard InChI is InChI=1S/C16H23N2OP/c1-16(2,3)15(19)17-14-7-5-4-6-13(14)12-8-10-18(20)11-9-12/h4-8H,9-11,20H2,1-3H3,(H,17,19). The molecule has 0 aliphatic carbocycles. The van der Waals surface area contributed by atoms with E-state index >= 15 is 0 Å². The van der Waals surface area contributed by atoms with E-state index in [1.807, 2.05) is 39.0 Å². The average Bonchev–Trinajstić information content (AvgIpc) is 2.39. The molecule has 1 aromatic rings. The maximum absolute atomic E-state index is 12.2. The van der Waals surface area contributed by atoms with Gasteiger partial charge in [-0.1, -0.05) is 54.4 Å². The van der Waals surface area contributed by atoms with Gasteiger partial charge < -0.3 is 5.32 Å². The van der Waals surface area contributed by atoms with Crippen molar-refractivity contribution >= 4 is 26.6 Å². The number of carbonyl (C=O) groups is 1. The number of benzene rings is 1. The molecule has 0 aromatic heterocycles. The predicted octanol–water partition coefficient (Wildman–Crippen LogP) is 3.55. The highest BCUT2D eigenvalue weighted by molar-refractivity contribution is 7.13. The second-order valence-electron chi connectivity index (χ2n) is 6.22. The van der Waals surface area contributed by atoms with E-state index in [-0.39, 0.29) is 11.3 Å². The predicted molar refractivity (Wildman–Crippen MR) is 88.4 cm³/mol. The molecule has 0 saturated carbocycles. The maximum Gasteiger partial charge on any atom is 0.229 e. The van der Waals surface area contributed by atoms with Crippen LogP contribution >= 0.6 is 9.39 Å². The Labute approximate surface area is 123 Å². The monoisotopic (exact) mass is 290 g/mol. The fourth-order valence-electron chi connectivity index (χ4n) is 2.11. The molecule has 3 nitrogen and oxygen atoms in total. The lowest BCUT2D eigenvalue weighted by Crippen LogP contribution is -2.28. The van der Waals surface area contributed by atoms with Gasteiger partial charge in [0.15, 0.2) is 0 Å². The van der Waals surface area contributed by atoms with Crippen molar-refractivity contribution in [3.8, 4) is 0 Å². The molecule has 1 N–H and O–H groups in total. The summed E-state index contributed by atoms with van der Waals surface area (Å²) >= 11 is 0. The highest BCUT2D eigenvalue weighted by atomic mass is 31.0. The third-order valence-electron chi connectivity index (χ3n) is 3.44. The van der Waals surface area contributed by atoms with E-state index in [1.54, 1.807) is 0 Å². The minimum absolute atomic E-state index is 0.0500. The number of hydrogen-bond acceptors (Lipinski definition) is 2. The molecule has 20 heavy (non-hydrogen) atoms. The van der Waals surface area contributed by atoms with E-state index in [0.717, 1.165) is 30.8 Å². The molecule has 1 aromatic carbocycles. The Hall–Kier alpha value is -1.18. The van der Waals surface area contributed by atoms with Crippen LogP contribution in [0.3, 0.4) is 0 Å². The topological polar surface area (TPSA) is 32.3 Å². The van der Waals surface area contributed by atoms with Crippen LogP contribution in [0.15, 0.2) is 30.3 Å². The summed E-state index contributed by atoms with van der Waals surface area (Å²) in [5.41, 5.74) is 2.98. The lowest BCUT2D eigenvalue weighted by atomic mass is 9.94. The Bertz CT molecular complexity index is 532. The Morgan fingerprint density at radius 2 is 2.00 bits per heavy atom. The number of nitrogens with one attached hydrogen (secondary N) is 1. The first kappa shape index (κ1) is 15.2. The van der Waals surface area contributed by atoms with Crippen LogP contribution in [0.1, 0.15) is 32.8 Å². The Kier molecular flexibility index (Phi) is 4.62. The second-order valence-corrected chi connectivity index (χ2v) is 6.95. The molecule has 1 aliphatic heterocycles. The molecule has 0 spiro atoms. The van der Waals surface area contributed by atoms with Crippen LogP contribution in [0.25, 0.3) is 5.57 Å². The van der Waals surface area contributed by atoms with Gasteiger partial charge in [-0.3, -0.25) is 9.46 Å². The summed E-state index contributed by atoms with van der Waals surface area (Å²) < 4.78 is 2.21. The van der Waals surface area contributed by atoms with E-state index in [0.29, 0.717) is 0 Å². The number of rotatable bonds is 2. The maximum atomic E-state index is 12.2. The van der Waals surface area contributed by atoms with Crippen LogP contribution in [0, 0.1) is 5.41 Å². The Balaban J connectivity index is 2.25. The molecule has 4 heteroatoms. The van der Waals surface area contributed by atoms with Crippen LogP contribution in [0.4, 0.5) is 5.69 Å². The summed E-state index contributed by atoms with van der Waals surface area (Å²) in [6, 6.07) is 8.05. The smallest absolute Gasteiger partial charge is 0.229 e. The quantitative estimate of drug-likeness (QED) is 0.845. The number of para-hydroxylation sites is 1. The molecule has 2 rings (SSSR count). The third-order valence-corrected chi connectivity index (χ3v) is 3.91. The van der Waals surface area contributed by atoms with Gasteiger partial charge in [-0.05, 0) is 18.1 Å². The molecule has 0 saturated heterocycles. The van der Waals surface area contributed by atoms with Crippen molar-refractivity contribution in [1.82, 2.24) is 4.67 Å². The zero-order chi connectivity index (χ0) is 14.8. The lowest BCUT2D eigenvalue weighted by Gasteiger charge is -2.24. The largest absolute Gasteiger partial charge is 0.325 e. The SMILES string of the molecule is CC(C)(C)C(=O)Nc1ccccc1C1=CCN(P)CC1. The number of hydrogen-bond donors (Lipinski definition) is 1. The summed E-state index contributed by atoms with van der Waals surface area (Å²) in [6.07, 6.45) is 3.24. The van der Waals surface area contributed by atoms with Gasteiger partial charge >= 0.3 is 0 Å². The van der Waals surface area contributed by atoms with Gasteiger partial charge in [0.1, 0.15) is 0 Å². The summed E-state index contributed by atoms with van der Waals surface area (Å²) in [4.78, 5) is 12.2. The average molecular weight is 290 g/mol. The first-order valence-corrected chi connectivity index (χ1v) is 7.49. The first-order valence-electron chi connectivity index (χ1n) is 6.97. The van der Waals surface area contributed by atoms with Crippen molar-refractivity contribution in [3.63, 3.8) is 0 Å². The van der Waals surface area contributed by atoms with Crippen molar-refractivity contribution in [1.29, 1.82) is 0 Å². The molecule has 0 bridgehead atoms. The summed E-state index contributed by atoms with van der Waals surface area (Å²) in [5, 5.41) is 3.06. The van der Waals surface area contributed by atoms with Gasteiger partial charge in [0.25, 0.3) is 0 Å². The minimum atomic E-state index is -0.384. The van der Waals surface area contributed by atoms with Gasteiger partial charge in [0.05, 0.1) is 0 Å². The molecule has 1 atom stereocenters. The fraction of sp³-hybridized carbons (Fsp3) is 0.438. The Morgan fingerprint density at radius 3 is 2.60 bits per heavy atom. The van der Waals surface area contributed by atoms with E-state index in [9.17, 15) is 4.79 Å².